The Morgan fingerprint density at radius 3 is 3.07 bits per heavy atom. The van der Waals surface area contributed by atoms with Crippen molar-refractivity contribution in [3.63, 3.8) is 0 Å². The number of carbonyl (C=O) groups is 1. The van der Waals surface area contributed by atoms with Crippen molar-refractivity contribution in [1.82, 2.24) is 10.2 Å². The van der Waals surface area contributed by atoms with E-state index in [9.17, 15) is 4.79 Å². The second-order valence-electron chi connectivity index (χ2n) is 3.88. The lowest BCUT2D eigenvalue weighted by Gasteiger charge is -2.37. The number of amides is 1. The summed E-state index contributed by atoms with van der Waals surface area (Å²) < 4.78 is 5.32. The zero-order valence-corrected chi connectivity index (χ0v) is 8.24. The summed E-state index contributed by atoms with van der Waals surface area (Å²) in [5.74, 6) is -0.232. The number of ether oxygens (including phenoxy) is 1. The summed E-state index contributed by atoms with van der Waals surface area (Å²) in [5.41, 5.74) is 5.36. The summed E-state index contributed by atoms with van der Waals surface area (Å²) in [6.45, 7) is 4.04. The van der Waals surface area contributed by atoms with Crippen molar-refractivity contribution in [3.8, 4) is 0 Å². The molecule has 2 heterocycles. The molecule has 5 heteroatoms. The summed E-state index contributed by atoms with van der Waals surface area (Å²) in [6, 6.07) is 0.227. The van der Waals surface area contributed by atoms with Crippen LogP contribution in [0.3, 0.4) is 0 Å². The molecule has 2 saturated heterocycles. The Labute approximate surface area is 83.6 Å². The molecule has 2 aliphatic rings. The van der Waals surface area contributed by atoms with E-state index in [0.29, 0.717) is 12.6 Å². The lowest BCUT2D eigenvalue weighted by atomic mass is 10.1. The Balaban J connectivity index is 2.01. The van der Waals surface area contributed by atoms with E-state index < -0.39 is 0 Å². The van der Waals surface area contributed by atoms with E-state index in [2.05, 4.69) is 10.2 Å². The molecular formula is C9H17N3O2. The molecule has 0 aromatic heterocycles. The van der Waals surface area contributed by atoms with Gasteiger partial charge in [-0.3, -0.25) is 9.69 Å². The molecule has 1 amide bonds. The largest absolute Gasteiger partial charge is 0.380 e. The van der Waals surface area contributed by atoms with E-state index in [-0.39, 0.29) is 11.9 Å². The summed E-state index contributed by atoms with van der Waals surface area (Å²) >= 11 is 0. The number of rotatable bonds is 2. The van der Waals surface area contributed by atoms with Crippen molar-refractivity contribution in [2.45, 2.75) is 18.5 Å². The van der Waals surface area contributed by atoms with Crippen LogP contribution in [-0.2, 0) is 9.53 Å². The minimum Gasteiger partial charge on any atom is -0.380 e. The number of hydrogen-bond acceptors (Lipinski definition) is 4. The first kappa shape index (κ1) is 9.89. The van der Waals surface area contributed by atoms with Gasteiger partial charge in [-0.15, -0.1) is 0 Å². The highest BCUT2D eigenvalue weighted by molar-refractivity contribution is 5.80. The third-order valence-corrected chi connectivity index (χ3v) is 2.99. The number of nitrogens with zero attached hydrogens (tertiary/aromatic N) is 1. The maximum atomic E-state index is 11.2. The molecule has 0 aliphatic carbocycles. The molecule has 2 fully saturated rings. The third kappa shape index (κ3) is 1.89. The zero-order chi connectivity index (χ0) is 9.97. The molecule has 2 atom stereocenters. The quantitative estimate of drug-likeness (QED) is 0.570. The maximum absolute atomic E-state index is 11.2. The van der Waals surface area contributed by atoms with Crippen LogP contribution in [0.2, 0.25) is 0 Å². The van der Waals surface area contributed by atoms with Crippen LogP contribution in [0, 0.1) is 0 Å². The van der Waals surface area contributed by atoms with Crippen LogP contribution in [0.15, 0.2) is 0 Å². The molecule has 0 aromatic rings. The molecule has 0 spiro atoms. The molecular weight excluding hydrogens is 182 g/mol. The van der Waals surface area contributed by atoms with Gasteiger partial charge < -0.3 is 15.8 Å². The molecule has 0 saturated carbocycles. The van der Waals surface area contributed by atoms with Gasteiger partial charge in [-0.05, 0) is 6.42 Å². The second-order valence-corrected chi connectivity index (χ2v) is 3.88. The van der Waals surface area contributed by atoms with Crippen LogP contribution < -0.4 is 11.1 Å². The normalized spacial score (nSPS) is 34.6. The number of piperazine rings is 1. The first-order valence-corrected chi connectivity index (χ1v) is 5.12. The van der Waals surface area contributed by atoms with Gasteiger partial charge in [0.15, 0.2) is 0 Å². The number of primary amides is 1. The first-order valence-electron chi connectivity index (χ1n) is 5.12. The van der Waals surface area contributed by atoms with E-state index in [1.807, 2.05) is 0 Å². The standard InChI is InChI=1S/C9H17N3O2/c10-9(13)8-5-11-2-3-12(8)7-1-4-14-6-7/h7-8,11H,1-6H2,(H2,10,13). The summed E-state index contributed by atoms with van der Waals surface area (Å²) in [5, 5.41) is 3.19. The van der Waals surface area contributed by atoms with E-state index in [1.165, 1.54) is 0 Å². The van der Waals surface area contributed by atoms with Gasteiger partial charge in [-0.2, -0.15) is 0 Å². The Morgan fingerprint density at radius 1 is 1.57 bits per heavy atom. The van der Waals surface area contributed by atoms with Gasteiger partial charge in [0.1, 0.15) is 6.04 Å². The predicted octanol–water partition coefficient (Wildman–Crippen LogP) is -1.47. The Kier molecular flexibility index (Phi) is 3.00. The third-order valence-electron chi connectivity index (χ3n) is 2.99. The van der Waals surface area contributed by atoms with Gasteiger partial charge in [-0.1, -0.05) is 0 Å². The second kappa shape index (κ2) is 4.25. The number of carbonyl (C=O) groups excluding carboxylic acids is 1. The number of nitrogens with one attached hydrogen (secondary N) is 1. The van der Waals surface area contributed by atoms with Crippen molar-refractivity contribution in [3.05, 3.63) is 0 Å². The Hall–Kier alpha value is -0.650. The fourth-order valence-electron chi connectivity index (χ4n) is 2.20. The molecule has 80 valence electrons. The summed E-state index contributed by atoms with van der Waals surface area (Å²) in [4.78, 5) is 13.4. The van der Waals surface area contributed by atoms with Crippen LogP contribution in [0.4, 0.5) is 0 Å². The van der Waals surface area contributed by atoms with E-state index in [4.69, 9.17) is 10.5 Å². The lowest BCUT2D eigenvalue weighted by Crippen LogP contribution is -2.60. The number of hydrogen-bond donors (Lipinski definition) is 2. The molecule has 0 radical (unpaired) electrons. The molecule has 2 rings (SSSR count). The van der Waals surface area contributed by atoms with Gasteiger partial charge in [0, 0.05) is 32.3 Å². The van der Waals surface area contributed by atoms with Crippen molar-refractivity contribution < 1.29 is 9.53 Å². The molecule has 2 aliphatic heterocycles. The minimum absolute atomic E-state index is 0.157. The van der Waals surface area contributed by atoms with Gasteiger partial charge in [0.25, 0.3) is 0 Å². The van der Waals surface area contributed by atoms with Gasteiger partial charge in [-0.25, -0.2) is 0 Å². The minimum atomic E-state index is -0.232. The van der Waals surface area contributed by atoms with Gasteiger partial charge in [0.2, 0.25) is 5.91 Å². The Morgan fingerprint density at radius 2 is 2.43 bits per heavy atom. The van der Waals surface area contributed by atoms with Crippen LogP contribution >= 0.6 is 0 Å². The number of nitrogens with two attached hydrogens (primary N) is 1. The van der Waals surface area contributed by atoms with Crippen molar-refractivity contribution >= 4 is 5.91 Å². The van der Waals surface area contributed by atoms with Gasteiger partial charge in [0.05, 0.1) is 6.61 Å². The average Bonchev–Trinajstić information content (AvgIpc) is 2.70. The summed E-state index contributed by atoms with van der Waals surface area (Å²) in [6.07, 6.45) is 1.02. The smallest absolute Gasteiger partial charge is 0.236 e. The van der Waals surface area contributed by atoms with Crippen molar-refractivity contribution in [1.29, 1.82) is 0 Å². The highest BCUT2D eigenvalue weighted by Gasteiger charge is 2.33. The van der Waals surface area contributed by atoms with Crippen molar-refractivity contribution in [2.75, 3.05) is 32.8 Å². The molecule has 0 aromatic carbocycles. The van der Waals surface area contributed by atoms with Crippen LogP contribution in [0.1, 0.15) is 6.42 Å². The van der Waals surface area contributed by atoms with Crippen molar-refractivity contribution in [2.24, 2.45) is 5.73 Å². The molecule has 14 heavy (non-hydrogen) atoms. The van der Waals surface area contributed by atoms with Crippen LogP contribution in [0.5, 0.6) is 0 Å². The monoisotopic (exact) mass is 199 g/mol. The summed E-state index contributed by atoms with van der Waals surface area (Å²) in [7, 11) is 0. The fraction of sp³-hybridized carbons (Fsp3) is 0.889. The average molecular weight is 199 g/mol. The van der Waals surface area contributed by atoms with Gasteiger partial charge >= 0.3 is 0 Å². The van der Waals surface area contributed by atoms with Crippen LogP contribution in [-0.4, -0.2) is 55.7 Å². The molecule has 0 bridgehead atoms. The predicted molar refractivity (Wildman–Crippen MR) is 51.8 cm³/mol. The van der Waals surface area contributed by atoms with E-state index in [0.717, 1.165) is 32.7 Å². The van der Waals surface area contributed by atoms with Crippen LogP contribution in [0.25, 0.3) is 0 Å². The van der Waals surface area contributed by atoms with E-state index >= 15 is 0 Å². The zero-order valence-electron chi connectivity index (χ0n) is 8.24. The fourth-order valence-corrected chi connectivity index (χ4v) is 2.20. The Bertz CT molecular complexity index is 216. The maximum Gasteiger partial charge on any atom is 0.236 e. The highest BCUT2D eigenvalue weighted by Crippen LogP contribution is 2.16. The SMILES string of the molecule is NC(=O)C1CNCCN1C1CCOC1. The topological polar surface area (TPSA) is 67.6 Å². The van der Waals surface area contributed by atoms with E-state index in [1.54, 1.807) is 0 Å². The highest BCUT2D eigenvalue weighted by atomic mass is 16.5. The molecule has 5 nitrogen and oxygen atoms in total. The lowest BCUT2D eigenvalue weighted by molar-refractivity contribution is -0.124. The molecule has 3 N–H and O–H groups in total. The molecule has 2 unspecified atom stereocenters. The first-order chi connectivity index (χ1) is 6.79.